The molecule has 2 aliphatic heterocycles. The summed E-state index contributed by atoms with van der Waals surface area (Å²) < 4.78 is 12.1. The van der Waals surface area contributed by atoms with Crippen LogP contribution in [-0.2, 0) is 4.79 Å². The lowest BCUT2D eigenvalue weighted by molar-refractivity contribution is -0.114. The number of aliphatic imine (C=N–C) groups is 1. The quantitative estimate of drug-likeness (QED) is 0.377. The normalized spacial score (nSPS) is 16.9. The van der Waals surface area contributed by atoms with E-state index in [0.717, 1.165) is 22.4 Å². The second-order valence-electron chi connectivity index (χ2n) is 8.24. The van der Waals surface area contributed by atoms with Gasteiger partial charge in [-0.2, -0.15) is 4.99 Å². The number of carbonyl (C=O) groups excluding carboxylic acids is 1. The molecule has 0 aromatic heterocycles. The third kappa shape index (κ3) is 4.70. The zero-order chi connectivity index (χ0) is 25.1. The molecule has 3 aromatic carbocycles. The number of thioether (sulfide) groups is 1. The van der Waals surface area contributed by atoms with Crippen LogP contribution in [0.4, 0.5) is 0 Å². The number of benzene rings is 3. The van der Waals surface area contributed by atoms with Gasteiger partial charge in [0.2, 0.25) is 0 Å². The third-order valence-electron chi connectivity index (χ3n) is 5.84. The molecule has 0 radical (unpaired) electrons. The van der Waals surface area contributed by atoms with E-state index in [4.69, 9.17) is 14.9 Å². The number of hydrogen-bond donors (Lipinski definition) is 1. The summed E-state index contributed by atoms with van der Waals surface area (Å²) in [5, 5.41) is 11.3. The Balaban J connectivity index is 1.44. The van der Waals surface area contributed by atoms with Crippen molar-refractivity contribution in [2.75, 3.05) is 6.61 Å². The van der Waals surface area contributed by atoms with Crippen molar-refractivity contribution in [2.24, 2.45) is 4.99 Å². The van der Waals surface area contributed by atoms with E-state index in [1.165, 1.54) is 11.8 Å². The fourth-order valence-corrected chi connectivity index (χ4v) is 4.93. The first-order chi connectivity index (χ1) is 17.5. The van der Waals surface area contributed by atoms with Gasteiger partial charge in [0.15, 0.2) is 16.7 Å². The minimum absolute atomic E-state index is 0.0982. The molecule has 3 aromatic rings. The molecule has 1 N–H and O–H groups in total. The van der Waals surface area contributed by atoms with Gasteiger partial charge in [-0.3, -0.25) is 15.1 Å². The second kappa shape index (κ2) is 10.3. The molecule has 2 aliphatic rings. The minimum atomic E-state index is -0.433. The second-order valence-corrected chi connectivity index (χ2v) is 9.08. The van der Waals surface area contributed by atoms with Crippen LogP contribution in [0.25, 0.3) is 11.8 Å². The molecule has 0 aliphatic carbocycles. The number of nitrogens with one attached hydrogen (secondary N) is 1. The summed E-state index contributed by atoms with van der Waals surface area (Å²) in [6, 6.07) is 25.3. The molecule has 36 heavy (non-hydrogen) atoms. The molecule has 0 saturated carbocycles. The summed E-state index contributed by atoms with van der Waals surface area (Å²) >= 11 is 1.35. The standard InChI is InChI=1S/C29H25N3O3S/c1-3-34-26-17-20(14-15-25(26)35-19(2)21-10-6-4-7-11-21)16-23-27(30)32-24(22-12-8-5-9-13-22)18-36-29(32)31-28(23)33/h4-19,30H,3H2,1-2H3. The largest absolute Gasteiger partial charge is 0.490 e. The number of ether oxygens (including phenoxy) is 2. The average molecular weight is 496 g/mol. The van der Waals surface area contributed by atoms with Crippen LogP contribution in [0.15, 0.2) is 94.8 Å². The van der Waals surface area contributed by atoms with Crippen LogP contribution in [0, 0.1) is 5.41 Å². The number of hydrogen-bond acceptors (Lipinski definition) is 5. The topological polar surface area (TPSA) is 75.0 Å². The van der Waals surface area contributed by atoms with Gasteiger partial charge in [-0.15, -0.1) is 0 Å². The molecule has 0 spiro atoms. The van der Waals surface area contributed by atoms with Crippen molar-refractivity contribution in [1.29, 1.82) is 5.41 Å². The van der Waals surface area contributed by atoms with Crippen molar-refractivity contribution < 1.29 is 14.3 Å². The zero-order valence-electron chi connectivity index (χ0n) is 20.0. The van der Waals surface area contributed by atoms with E-state index in [0.29, 0.717) is 23.3 Å². The summed E-state index contributed by atoms with van der Waals surface area (Å²) in [5.74, 6) is 0.861. The van der Waals surface area contributed by atoms with Crippen molar-refractivity contribution in [2.45, 2.75) is 20.0 Å². The van der Waals surface area contributed by atoms with Gasteiger partial charge in [0.1, 0.15) is 11.9 Å². The van der Waals surface area contributed by atoms with E-state index in [-0.39, 0.29) is 17.5 Å². The van der Waals surface area contributed by atoms with E-state index in [1.54, 1.807) is 11.0 Å². The average Bonchev–Trinajstić information content (AvgIpc) is 3.33. The highest BCUT2D eigenvalue weighted by Crippen LogP contribution is 2.38. The van der Waals surface area contributed by atoms with Crippen molar-refractivity contribution >= 4 is 40.4 Å². The van der Waals surface area contributed by atoms with Crippen LogP contribution < -0.4 is 9.47 Å². The molecule has 2 heterocycles. The van der Waals surface area contributed by atoms with Crippen LogP contribution in [0.5, 0.6) is 11.5 Å². The Morgan fingerprint density at radius 2 is 1.75 bits per heavy atom. The molecule has 180 valence electrons. The fourth-order valence-electron chi connectivity index (χ4n) is 4.04. The van der Waals surface area contributed by atoms with Gasteiger partial charge in [0, 0.05) is 5.41 Å². The number of rotatable bonds is 7. The highest BCUT2D eigenvalue weighted by atomic mass is 32.2. The monoisotopic (exact) mass is 495 g/mol. The highest BCUT2D eigenvalue weighted by molar-refractivity contribution is 8.17. The Hall–Kier alpha value is -4.10. The zero-order valence-corrected chi connectivity index (χ0v) is 20.8. The lowest BCUT2D eigenvalue weighted by atomic mass is 10.1. The predicted molar refractivity (Wildman–Crippen MR) is 145 cm³/mol. The summed E-state index contributed by atoms with van der Waals surface area (Å²) in [5.41, 5.74) is 3.79. The number of nitrogens with zero attached hydrogens (tertiary/aromatic N) is 2. The number of amides is 1. The van der Waals surface area contributed by atoms with E-state index in [9.17, 15) is 4.79 Å². The SMILES string of the molecule is CCOc1cc(C=C2C(=N)N3C(c4ccccc4)=CSC3=NC2=O)ccc1OC(C)c1ccccc1. The maximum absolute atomic E-state index is 12.9. The van der Waals surface area contributed by atoms with Crippen molar-refractivity contribution in [3.63, 3.8) is 0 Å². The van der Waals surface area contributed by atoms with E-state index in [1.807, 2.05) is 98.1 Å². The van der Waals surface area contributed by atoms with Gasteiger partial charge in [-0.1, -0.05) is 78.5 Å². The molecule has 1 amide bonds. The Kier molecular flexibility index (Phi) is 6.73. The first-order valence-corrected chi connectivity index (χ1v) is 12.6. The van der Waals surface area contributed by atoms with Crippen LogP contribution in [0.3, 0.4) is 0 Å². The van der Waals surface area contributed by atoms with Gasteiger partial charge in [0.05, 0.1) is 17.9 Å². The van der Waals surface area contributed by atoms with Gasteiger partial charge >= 0.3 is 0 Å². The molecular weight excluding hydrogens is 470 g/mol. The molecular formula is C29H25N3O3S. The van der Waals surface area contributed by atoms with Crippen LogP contribution >= 0.6 is 11.8 Å². The van der Waals surface area contributed by atoms with E-state index >= 15 is 0 Å². The minimum Gasteiger partial charge on any atom is -0.490 e. The smallest absolute Gasteiger partial charge is 0.283 e. The van der Waals surface area contributed by atoms with Crippen LogP contribution in [0.2, 0.25) is 0 Å². The molecule has 5 rings (SSSR count). The molecule has 0 fully saturated rings. The maximum Gasteiger partial charge on any atom is 0.283 e. The molecule has 7 heteroatoms. The molecule has 1 atom stereocenters. The van der Waals surface area contributed by atoms with E-state index in [2.05, 4.69) is 4.99 Å². The summed E-state index contributed by atoms with van der Waals surface area (Å²) in [7, 11) is 0. The van der Waals surface area contributed by atoms with Gasteiger partial charge in [-0.05, 0) is 48.7 Å². The lowest BCUT2D eigenvalue weighted by Crippen LogP contribution is -2.38. The Morgan fingerprint density at radius 3 is 2.47 bits per heavy atom. The predicted octanol–water partition coefficient (Wildman–Crippen LogP) is 6.53. The molecule has 1 unspecified atom stereocenters. The van der Waals surface area contributed by atoms with E-state index < -0.39 is 5.91 Å². The Labute approximate surface area is 214 Å². The Bertz CT molecular complexity index is 1400. The summed E-state index contributed by atoms with van der Waals surface area (Å²) in [6.07, 6.45) is 1.52. The number of carbonyl (C=O) groups is 1. The highest BCUT2D eigenvalue weighted by Gasteiger charge is 2.36. The van der Waals surface area contributed by atoms with Crippen molar-refractivity contribution in [3.8, 4) is 11.5 Å². The Morgan fingerprint density at radius 1 is 1.03 bits per heavy atom. The molecule has 0 bridgehead atoms. The maximum atomic E-state index is 12.9. The van der Waals surface area contributed by atoms with Gasteiger partial charge < -0.3 is 9.47 Å². The van der Waals surface area contributed by atoms with Gasteiger partial charge in [0.25, 0.3) is 5.91 Å². The first kappa shape index (κ1) is 23.6. The summed E-state index contributed by atoms with van der Waals surface area (Å²) in [4.78, 5) is 18.8. The summed E-state index contributed by atoms with van der Waals surface area (Å²) in [6.45, 7) is 4.37. The first-order valence-electron chi connectivity index (χ1n) is 11.7. The molecule has 0 saturated heterocycles. The van der Waals surface area contributed by atoms with Crippen LogP contribution in [0.1, 0.15) is 36.6 Å². The van der Waals surface area contributed by atoms with Crippen LogP contribution in [-0.4, -0.2) is 28.4 Å². The lowest BCUT2D eigenvalue weighted by Gasteiger charge is -2.27. The number of fused-ring (bicyclic) bond motifs is 1. The fraction of sp³-hybridized carbons (Fsp3) is 0.138. The van der Waals surface area contributed by atoms with Crippen molar-refractivity contribution in [1.82, 2.24) is 4.90 Å². The van der Waals surface area contributed by atoms with Crippen molar-refractivity contribution in [3.05, 3.63) is 107 Å². The molecule has 6 nitrogen and oxygen atoms in total. The number of amidine groups is 2. The van der Waals surface area contributed by atoms with Gasteiger partial charge in [-0.25, -0.2) is 0 Å². The third-order valence-corrected chi connectivity index (χ3v) is 6.66.